The van der Waals surface area contributed by atoms with Crippen LogP contribution in [0.1, 0.15) is 22.8 Å². The molecule has 24 heavy (non-hydrogen) atoms. The Bertz CT molecular complexity index is 756. The molecule has 0 aromatic heterocycles. The molecule has 1 amide bonds. The normalized spacial score (nSPS) is 10.0. The number of carbonyl (C=O) groups is 2. The van der Waals surface area contributed by atoms with Crippen molar-refractivity contribution in [2.75, 3.05) is 11.9 Å². The highest BCUT2D eigenvalue weighted by atomic mass is 16.6. The number of aryl methyl sites for hydroxylation is 1. The van der Waals surface area contributed by atoms with E-state index < -0.39 is 23.4 Å². The Labute approximate surface area is 138 Å². The number of ether oxygens (including phenoxy) is 1. The summed E-state index contributed by atoms with van der Waals surface area (Å²) in [5, 5.41) is 13.2. The first-order valence-corrected chi connectivity index (χ1v) is 7.30. The lowest BCUT2D eigenvalue weighted by Crippen LogP contribution is -2.21. The van der Waals surface area contributed by atoms with Gasteiger partial charge in [-0.3, -0.25) is 14.9 Å². The monoisotopic (exact) mass is 328 g/mol. The molecule has 124 valence electrons. The van der Waals surface area contributed by atoms with Crippen molar-refractivity contribution in [3.05, 3.63) is 69.8 Å². The van der Waals surface area contributed by atoms with Crippen LogP contribution >= 0.6 is 0 Å². The number of nitro benzene ring substituents is 1. The van der Waals surface area contributed by atoms with Crippen LogP contribution in [0.15, 0.2) is 48.5 Å². The van der Waals surface area contributed by atoms with Gasteiger partial charge in [0.25, 0.3) is 11.6 Å². The summed E-state index contributed by atoms with van der Waals surface area (Å²) in [6, 6.07) is 12.3. The zero-order chi connectivity index (χ0) is 17.5. The van der Waals surface area contributed by atoms with E-state index in [4.69, 9.17) is 4.74 Å². The summed E-state index contributed by atoms with van der Waals surface area (Å²) in [4.78, 5) is 33.6. The van der Waals surface area contributed by atoms with Crippen molar-refractivity contribution in [2.45, 2.75) is 13.3 Å². The summed E-state index contributed by atoms with van der Waals surface area (Å²) in [6.07, 6.45) is 0.846. The summed E-state index contributed by atoms with van der Waals surface area (Å²) in [5.41, 5.74) is 1.72. The lowest BCUT2D eigenvalue weighted by atomic mass is 10.1. The highest BCUT2D eigenvalue weighted by Crippen LogP contribution is 2.13. The third-order valence-electron chi connectivity index (χ3n) is 3.27. The largest absolute Gasteiger partial charge is 0.452 e. The molecule has 0 spiro atoms. The molecule has 0 aliphatic rings. The number of hydrogen-bond acceptors (Lipinski definition) is 5. The summed E-state index contributed by atoms with van der Waals surface area (Å²) in [5.74, 6) is -1.18. The lowest BCUT2D eigenvalue weighted by Gasteiger charge is -2.07. The number of nitrogens with zero attached hydrogens (tertiary/aromatic N) is 1. The van der Waals surface area contributed by atoms with E-state index in [2.05, 4.69) is 5.32 Å². The molecule has 0 heterocycles. The van der Waals surface area contributed by atoms with E-state index >= 15 is 0 Å². The van der Waals surface area contributed by atoms with E-state index in [1.807, 2.05) is 25.1 Å². The minimum atomic E-state index is -0.720. The molecule has 0 saturated carbocycles. The van der Waals surface area contributed by atoms with Crippen LogP contribution in [0.2, 0.25) is 0 Å². The number of nitro groups is 1. The third-order valence-corrected chi connectivity index (χ3v) is 3.27. The first kappa shape index (κ1) is 17.1. The van der Waals surface area contributed by atoms with Gasteiger partial charge < -0.3 is 10.1 Å². The van der Waals surface area contributed by atoms with E-state index in [1.54, 1.807) is 6.07 Å². The van der Waals surface area contributed by atoms with Gasteiger partial charge in [0, 0.05) is 17.8 Å². The number of hydrogen-bond donors (Lipinski definition) is 1. The zero-order valence-corrected chi connectivity index (χ0v) is 13.0. The molecule has 0 aliphatic heterocycles. The van der Waals surface area contributed by atoms with Crippen molar-refractivity contribution >= 4 is 23.3 Å². The molecule has 0 saturated heterocycles. The van der Waals surface area contributed by atoms with Crippen LogP contribution in [0.5, 0.6) is 0 Å². The average molecular weight is 328 g/mol. The van der Waals surface area contributed by atoms with E-state index in [-0.39, 0.29) is 11.3 Å². The van der Waals surface area contributed by atoms with Crippen molar-refractivity contribution in [3.63, 3.8) is 0 Å². The fourth-order valence-corrected chi connectivity index (χ4v) is 2.00. The van der Waals surface area contributed by atoms with Crippen molar-refractivity contribution in [1.29, 1.82) is 0 Å². The average Bonchev–Trinajstić information content (AvgIpc) is 2.60. The molecule has 0 bridgehead atoms. The molecule has 0 aliphatic carbocycles. The minimum absolute atomic E-state index is 0.125. The first-order valence-electron chi connectivity index (χ1n) is 7.30. The van der Waals surface area contributed by atoms with Gasteiger partial charge in [-0.15, -0.1) is 0 Å². The number of amides is 1. The molecular formula is C17H16N2O5. The molecule has 2 rings (SSSR count). The van der Waals surface area contributed by atoms with Gasteiger partial charge in [-0.1, -0.05) is 19.1 Å². The maximum atomic E-state index is 11.8. The Morgan fingerprint density at radius 1 is 1.17 bits per heavy atom. The Kier molecular flexibility index (Phi) is 5.62. The maximum Gasteiger partial charge on any atom is 0.338 e. The van der Waals surface area contributed by atoms with Gasteiger partial charge in [0.05, 0.1) is 10.5 Å². The zero-order valence-electron chi connectivity index (χ0n) is 13.0. The quantitative estimate of drug-likeness (QED) is 0.499. The van der Waals surface area contributed by atoms with Gasteiger partial charge in [0.1, 0.15) is 0 Å². The molecule has 1 N–H and O–H groups in total. The number of esters is 1. The molecule has 7 nitrogen and oxygen atoms in total. The van der Waals surface area contributed by atoms with Crippen molar-refractivity contribution in [1.82, 2.24) is 0 Å². The summed E-state index contributed by atoms with van der Waals surface area (Å²) >= 11 is 0. The Hall–Kier alpha value is -3.22. The number of benzene rings is 2. The second kappa shape index (κ2) is 7.87. The molecule has 2 aromatic carbocycles. The highest BCUT2D eigenvalue weighted by Gasteiger charge is 2.12. The topological polar surface area (TPSA) is 98.5 Å². The van der Waals surface area contributed by atoms with E-state index in [0.717, 1.165) is 12.0 Å². The molecule has 0 radical (unpaired) electrons. The molecule has 2 aromatic rings. The molecule has 7 heteroatoms. The Balaban J connectivity index is 1.88. The Morgan fingerprint density at radius 2 is 1.88 bits per heavy atom. The predicted molar refractivity (Wildman–Crippen MR) is 87.8 cm³/mol. The van der Waals surface area contributed by atoms with Gasteiger partial charge in [0.15, 0.2) is 6.61 Å². The SMILES string of the molecule is CCc1cccc(NC(=O)COC(=O)c2ccc([N+](=O)[O-])cc2)c1. The number of carbonyl (C=O) groups excluding carboxylic acids is 2. The predicted octanol–water partition coefficient (Wildman–Crippen LogP) is 2.95. The molecule has 0 fully saturated rings. The van der Waals surface area contributed by atoms with Gasteiger partial charge in [-0.25, -0.2) is 4.79 Å². The van der Waals surface area contributed by atoms with Crippen molar-refractivity contribution in [2.24, 2.45) is 0 Å². The number of rotatable bonds is 6. The van der Waals surface area contributed by atoms with Crippen LogP contribution in [-0.4, -0.2) is 23.4 Å². The maximum absolute atomic E-state index is 11.8. The van der Waals surface area contributed by atoms with E-state index in [9.17, 15) is 19.7 Å². The van der Waals surface area contributed by atoms with Crippen molar-refractivity contribution < 1.29 is 19.2 Å². The first-order chi connectivity index (χ1) is 11.5. The molecule has 0 atom stereocenters. The fraction of sp³-hybridized carbons (Fsp3) is 0.176. The highest BCUT2D eigenvalue weighted by molar-refractivity contribution is 5.95. The summed E-state index contributed by atoms with van der Waals surface area (Å²) in [6.45, 7) is 1.57. The lowest BCUT2D eigenvalue weighted by molar-refractivity contribution is -0.384. The number of nitrogens with one attached hydrogen (secondary N) is 1. The number of anilines is 1. The fourth-order valence-electron chi connectivity index (χ4n) is 2.00. The van der Waals surface area contributed by atoms with Crippen molar-refractivity contribution in [3.8, 4) is 0 Å². The van der Waals surface area contributed by atoms with Crippen LogP contribution in [0.4, 0.5) is 11.4 Å². The number of non-ortho nitro benzene ring substituents is 1. The van der Waals surface area contributed by atoms with E-state index in [0.29, 0.717) is 5.69 Å². The smallest absolute Gasteiger partial charge is 0.338 e. The second-order valence-electron chi connectivity index (χ2n) is 4.98. The Morgan fingerprint density at radius 3 is 2.50 bits per heavy atom. The molecular weight excluding hydrogens is 312 g/mol. The van der Waals surface area contributed by atoms with Gasteiger partial charge in [0.2, 0.25) is 0 Å². The van der Waals surface area contributed by atoms with Gasteiger partial charge in [-0.2, -0.15) is 0 Å². The second-order valence-corrected chi connectivity index (χ2v) is 4.98. The summed E-state index contributed by atoms with van der Waals surface area (Å²) < 4.78 is 4.90. The van der Waals surface area contributed by atoms with Crippen LogP contribution in [-0.2, 0) is 16.0 Å². The standard InChI is InChI=1S/C17H16N2O5/c1-2-12-4-3-5-14(10-12)18-16(20)11-24-17(21)13-6-8-15(9-7-13)19(22)23/h3-10H,2,11H2,1H3,(H,18,20). The van der Waals surface area contributed by atoms with Crippen LogP contribution in [0.3, 0.4) is 0 Å². The van der Waals surface area contributed by atoms with Crippen LogP contribution in [0.25, 0.3) is 0 Å². The summed E-state index contributed by atoms with van der Waals surface area (Å²) in [7, 11) is 0. The third kappa shape index (κ3) is 4.64. The van der Waals surface area contributed by atoms with E-state index in [1.165, 1.54) is 24.3 Å². The van der Waals surface area contributed by atoms with Gasteiger partial charge in [-0.05, 0) is 36.2 Å². The molecule has 0 unspecified atom stereocenters. The minimum Gasteiger partial charge on any atom is -0.452 e. The van der Waals surface area contributed by atoms with Crippen LogP contribution in [0, 0.1) is 10.1 Å². The van der Waals surface area contributed by atoms with Crippen LogP contribution < -0.4 is 5.32 Å². The van der Waals surface area contributed by atoms with Gasteiger partial charge >= 0.3 is 5.97 Å².